The molecule has 0 spiro atoms. The maximum atomic E-state index is 12.2. The van der Waals surface area contributed by atoms with Gasteiger partial charge in [-0.25, -0.2) is 4.68 Å². The van der Waals surface area contributed by atoms with Gasteiger partial charge < -0.3 is 4.74 Å². The zero-order valence-electron chi connectivity index (χ0n) is 19.2. The molecular weight excluding hydrogens is 376 g/mol. The summed E-state index contributed by atoms with van der Waals surface area (Å²) in [5.41, 5.74) is 4.15. The van der Waals surface area contributed by atoms with Crippen molar-refractivity contribution in [2.75, 3.05) is 0 Å². The summed E-state index contributed by atoms with van der Waals surface area (Å²) in [4.78, 5) is 23.7. The zero-order chi connectivity index (χ0) is 21.4. The Morgan fingerprint density at radius 2 is 1.83 bits per heavy atom. The summed E-state index contributed by atoms with van der Waals surface area (Å²) in [6, 6.07) is 0. The molecule has 3 fully saturated rings. The second kappa shape index (κ2) is 6.67. The van der Waals surface area contributed by atoms with E-state index in [-0.39, 0.29) is 23.4 Å². The number of fused-ring (bicyclic) bond motifs is 7. The van der Waals surface area contributed by atoms with E-state index in [9.17, 15) is 9.59 Å². The predicted octanol–water partition coefficient (Wildman–Crippen LogP) is 4.84. The molecule has 0 amide bonds. The summed E-state index contributed by atoms with van der Waals surface area (Å²) in [5.74, 6) is 2.66. The molecule has 1 aromatic rings. The smallest absolute Gasteiger partial charge is 0.302 e. The number of esters is 1. The Morgan fingerprint density at radius 1 is 1.07 bits per heavy atom. The molecule has 7 atom stereocenters. The molecule has 0 radical (unpaired) electrons. The van der Waals surface area contributed by atoms with Crippen molar-refractivity contribution < 1.29 is 14.3 Å². The van der Waals surface area contributed by atoms with Crippen LogP contribution in [0.4, 0.5) is 0 Å². The van der Waals surface area contributed by atoms with Gasteiger partial charge in [0.1, 0.15) is 6.10 Å². The van der Waals surface area contributed by atoms with E-state index >= 15 is 0 Å². The highest BCUT2D eigenvalue weighted by molar-refractivity contribution is 5.77. The van der Waals surface area contributed by atoms with E-state index in [2.05, 4.69) is 25.9 Å². The first kappa shape index (κ1) is 20.3. The highest BCUT2D eigenvalue weighted by atomic mass is 16.5. The Bertz CT molecular complexity index is 904. The van der Waals surface area contributed by atoms with Gasteiger partial charge in [0.15, 0.2) is 0 Å². The lowest BCUT2D eigenvalue weighted by molar-refractivity contribution is -0.157. The van der Waals surface area contributed by atoms with E-state index in [0.717, 1.165) is 36.8 Å². The molecule has 0 unspecified atom stereocenters. The van der Waals surface area contributed by atoms with Crippen LogP contribution in [0.5, 0.6) is 0 Å². The van der Waals surface area contributed by atoms with Crippen LogP contribution in [0, 0.1) is 36.0 Å². The lowest BCUT2D eigenvalue weighted by atomic mass is 9.45. The second-order valence-corrected chi connectivity index (χ2v) is 11.2. The van der Waals surface area contributed by atoms with E-state index < -0.39 is 0 Å². The van der Waals surface area contributed by atoms with Crippen LogP contribution in [-0.4, -0.2) is 27.8 Å². The van der Waals surface area contributed by atoms with Crippen LogP contribution in [0.2, 0.25) is 0 Å². The highest BCUT2D eigenvalue weighted by Gasteiger charge is 2.60. The van der Waals surface area contributed by atoms with Crippen LogP contribution in [-0.2, 0) is 21.4 Å². The molecule has 0 N–H and O–H groups in total. The molecule has 30 heavy (non-hydrogen) atoms. The molecule has 1 heterocycles. The molecule has 4 aliphatic carbocycles. The van der Waals surface area contributed by atoms with E-state index in [1.807, 2.05) is 0 Å². The minimum Gasteiger partial charge on any atom is -0.463 e. The fraction of sp³-hybridized carbons (Fsp3) is 0.800. The van der Waals surface area contributed by atoms with Crippen LogP contribution in [0.15, 0.2) is 0 Å². The molecular formula is C25H36N2O3. The Morgan fingerprint density at radius 3 is 2.53 bits per heavy atom. The Hall–Kier alpha value is -1.65. The number of nitrogens with zero attached hydrogens (tertiary/aromatic N) is 2. The normalized spacial score (nSPS) is 42.0. The first-order valence-electron chi connectivity index (χ1n) is 11.9. The third-order valence-electron chi connectivity index (χ3n) is 9.78. The first-order valence-corrected chi connectivity index (χ1v) is 11.9. The Kier molecular flexibility index (Phi) is 4.51. The minimum absolute atomic E-state index is 0.0395. The molecule has 1 aromatic heterocycles. The molecule has 0 aliphatic heterocycles. The van der Waals surface area contributed by atoms with E-state index in [1.54, 1.807) is 11.6 Å². The van der Waals surface area contributed by atoms with E-state index in [0.29, 0.717) is 17.3 Å². The molecule has 3 saturated carbocycles. The maximum Gasteiger partial charge on any atom is 0.302 e. The SMILES string of the molecule is CC(=O)O[C@H]1CC[C@@]2(C)[C@@H](CC[C@H]3[C@H]2CC[C@@]2(C)c4c(C)nn(C(C)=O)c4C[C@@H]32)C1. The summed E-state index contributed by atoms with van der Waals surface area (Å²) in [7, 11) is 0. The Balaban J connectivity index is 1.43. The molecule has 5 rings (SSSR count). The van der Waals surface area contributed by atoms with Crippen molar-refractivity contribution in [1.29, 1.82) is 0 Å². The van der Waals surface area contributed by atoms with Gasteiger partial charge in [0.05, 0.1) is 11.4 Å². The van der Waals surface area contributed by atoms with Crippen molar-refractivity contribution in [3.05, 3.63) is 17.0 Å². The van der Waals surface area contributed by atoms with Gasteiger partial charge in [-0.15, -0.1) is 0 Å². The quantitative estimate of drug-likeness (QED) is 0.619. The van der Waals surface area contributed by atoms with Crippen molar-refractivity contribution in [2.24, 2.45) is 29.1 Å². The van der Waals surface area contributed by atoms with Gasteiger partial charge in [-0.1, -0.05) is 13.8 Å². The topological polar surface area (TPSA) is 61.2 Å². The lowest BCUT2D eigenvalue weighted by Crippen LogP contribution is -2.54. The van der Waals surface area contributed by atoms with Crippen LogP contribution in [0.3, 0.4) is 0 Å². The number of carbonyl (C=O) groups is 2. The number of aryl methyl sites for hydroxylation is 1. The molecule has 0 aromatic carbocycles. The molecule has 0 saturated heterocycles. The van der Waals surface area contributed by atoms with Crippen molar-refractivity contribution in [1.82, 2.24) is 9.78 Å². The molecule has 5 heteroatoms. The molecule has 4 aliphatic rings. The van der Waals surface area contributed by atoms with Gasteiger partial charge in [-0.2, -0.15) is 5.10 Å². The summed E-state index contributed by atoms with van der Waals surface area (Å²) in [5, 5.41) is 4.61. The Labute approximate surface area is 179 Å². The largest absolute Gasteiger partial charge is 0.463 e. The molecule has 164 valence electrons. The average Bonchev–Trinajstić information content (AvgIpc) is 3.16. The van der Waals surface area contributed by atoms with Gasteiger partial charge in [0.25, 0.3) is 0 Å². The van der Waals surface area contributed by atoms with Crippen LogP contribution in [0.1, 0.15) is 94.4 Å². The highest BCUT2D eigenvalue weighted by Crippen LogP contribution is 2.66. The second-order valence-electron chi connectivity index (χ2n) is 11.2. The fourth-order valence-electron chi connectivity index (χ4n) is 8.54. The predicted molar refractivity (Wildman–Crippen MR) is 114 cm³/mol. The van der Waals surface area contributed by atoms with Crippen LogP contribution in [0.25, 0.3) is 0 Å². The van der Waals surface area contributed by atoms with Gasteiger partial charge in [-0.05, 0) is 92.8 Å². The fourth-order valence-corrected chi connectivity index (χ4v) is 8.54. The molecule has 0 bridgehead atoms. The third-order valence-corrected chi connectivity index (χ3v) is 9.78. The first-order chi connectivity index (χ1) is 14.1. The number of hydrogen-bond acceptors (Lipinski definition) is 4. The van der Waals surface area contributed by atoms with Gasteiger partial charge in [-0.3, -0.25) is 9.59 Å². The third kappa shape index (κ3) is 2.69. The van der Waals surface area contributed by atoms with Gasteiger partial charge >= 0.3 is 5.97 Å². The summed E-state index contributed by atoms with van der Waals surface area (Å²) in [6.45, 7) is 10.2. The monoisotopic (exact) mass is 412 g/mol. The number of ether oxygens (including phenoxy) is 1. The van der Waals surface area contributed by atoms with Gasteiger partial charge in [0.2, 0.25) is 5.91 Å². The van der Waals surface area contributed by atoms with Crippen molar-refractivity contribution in [3.63, 3.8) is 0 Å². The van der Waals surface area contributed by atoms with E-state index in [1.165, 1.54) is 50.3 Å². The minimum atomic E-state index is -0.135. The van der Waals surface area contributed by atoms with Crippen molar-refractivity contribution in [3.8, 4) is 0 Å². The van der Waals surface area contributed by atoms with Crippen molar-refractivity contribution in [2.45, 2.75) is 97.5 Å². The summed E-state index contributed by atoms with van der Waals surface area (Å²) in [6.07, 6.45) is 9.34. The zero-order valence-corrected chi connectivity index (χ0v) is 19.2. The van der Waals surface area contributed by atoms with E-state index in [4.69, 9.17) is 4.74 Å². The maximum absolute atomic E-state index is 12.2. The summed E-state index contributed by atoms with van der Waals surface area (Å²) >= 11 is 0. The number of hydrogen-bond donors (Lipinski definition) is 0. The van der Waals surface area contributed by atoms with Gasteiger partial charge in [0, 0.05) is 19.4 Å². The lowest BCUT2D eigenvalue weighted by Gasteiger charge is -2.60. The van der Waals surface area contributed by atoms with Crippen molar-refractivity contribution >= 4 is 11.9 Å². The number of aromatic nitrogens is 2. The standard InChI is InChI=1S/C25H36N2O3/c1-14-23-22(27(26-14)15(2)28)13-21-19-7-6-17-12-18(30-16(3)29)8-10-24(17,4)20(19)9-11-25(21,23)5/h17-21H,6-13H2,1-5H3/t17-,18-,19-,20+,21-,24-,25+/m0/s1. The number of carbonyl (C=O) groups excluding carboxylic acids is 2. The molecule has 5 nitrogen and oxygen atoms in total. The van der Waals surface area contributed by atoms with Crippen LogP contribution >= 0.6 is 0 Å². The number of rotatable bonds is 1. The average molecular weight is 413 g/mol. The van der Waals surface area contributed by atoms with Crippen LogP contribution < -0.4 is 0 Å². The summed E-state index contributed by atoms with van der Waals surface area (Å²) < 4.78 is 7.30.